The first kappa shape index (κ1) is 14.8. The van der Waals surface area contributed by atoms with Crippen LogP contribution >= 0.6 is 15.9 Å². The van der Waals surface area contributed by atoms with Gasteiger partial charge in [-0.15, -0.1) is 0 Å². The lowest BCUT2D eigenvalue weighted by Crippen LogP contribution is -2.32. The predicted molar refractivity (Wildman–Crippen MR) is 77.4 cm³/mol. The van der Waals surface area contributed by atoms with Crippen LogP contribution in [-0.4, -0.2) is 11.9 Å². The van der Waals surface area contributed by atoms with E-state index in [-0.39, 0.29) is 27.9 Å². The van der Waals surface area contributed by atoms with Gasteiger partial charge in [0.2, 0.25) is 5.91 Å². The van der Waals surface area contributed by atoms with E-state index in [1.807, 2.05) is 6.07 Å². The van der Waals surface area contributed by atoms with Crippen molar-refractivity contribution in [2.75, 3.05) is 5.32 Å². The number of benzene rings is 1. The van der Waals surface area contributed by atoms with Crippen LogP contribution in [0.1, 0.15) is 31.2 Å². The third-order valence-electron chi connectivity index (χ3n) is 3.69. The van der Waals surface area contributed by atoms with Gasteiger partial charge in [0.25, 0.3) is 0 Å². The molecule has 0 spiro atoms. The molecule has 0 unspecified atom stereocenters. The number of nitrogens with two attached hydrogens (primary N) is 1. The molecule has 1 amide bonds. The van der Waals surface area contributed by atoms with E-state index in [2.05, 4.69) is 21.2 Å². The molecule has 1 fully saturated rings. The summed E-state index contributed by atoms with van der Waals surface area (Å²) in [6.07, 6.45) is 3.02. The van der Waals surface area contributed by atoms with Crippen molar-refractivity contribution in [2.24, 2.45) is 11.7 Å². The minimum atomic E-state index is -0.457. The second-order valence-electron chi connectivity index (χ2n) is 5.00. The fourth-order valence-corrected chi connectivity index (χ4v) is 2.92. The molecule has 2 rings (SSSR count). The van der Waals surface area contributed by atoms with E-state index in [1.54, 1.807) is 12.1 Å². The average molecular weight is 340 g/mol. The molecule has 1 aromatic carbocycles. The second kappa shape index (κ2) is 6.23. The largest absolute Gasteiger partial charge is 0.380 e. The highest BCUT2D eigenvalue weighted by molar-refractivity contribution is 9.10. The number of halogens is 2. The monoisotopic (exact) mass is 339 g/mol. The van der Waals surface area contributed by atoms with E-state index in [9.17, 15) is 9.18 Å². The van der Waals surface area contributed by atoms with Gasteiger partial charge < -0.3 is 11.1 Å². The quantitative estimate of drug-likeness (QED) is 0.888. The number of amides is 1. The number of carbonyl (C=O) groups is 1. The molecule has 3 N–H and O–H groups in total. The van der Waals surface area contributed by atoms with Gasteiger partial charge in [-0.3, -0.25) is 4.79 Å². The van der Waals surface area contributed by atoms with Crippen molar-refractivity contribution in [1.29, 1.82) is 5.26 Å². The molecule has 1 aromatic rings. The van der Waals surface area contributed by atoms with Crippen molar-refractivity contribution in [3.05, 3.63) is 28.0 Å². The van der Waals surface area contributed by atoms with Crippen LogP contribution in [0.4, 0.5) is 10.1 Å². The second-order valence-corrected chi connectivity index (χ2v) is 5.79. The minimum absolute atomic E-state index is 0.0643. The number of nitriles is 1. The summed E-state index contributed by atoms with van der Waals surface area (Å²) in [6.45, 7) is 0. The normalized spacial score (nSPS) is 22.1. The highest BCUT2D eigenvalue weighted by Gasteiger charge is 2.25. The van der Waals surface area contributed by atoms with E-state index in [0.29, 0.717) is 5.69 Å². The Bertz CT molecular complexity index is 562. The van der Waals surface area contributed by atoms with E-state index in [0.717, 1.165) is 25.7 Å². The summed E-state index contributed by atoms with van der Waals surface area (Å²) in [4.78, 5) is 11.1. The van der Waals surface area contributed by atoms with E-state index in [4.69, 9.17) is 11.0 Å². The number of nitrogens with zero attached hydrogens (tertiary/aromatic N) is 1. The van der Waals surface area contributed by atoms with Gasteiger partial charge in [-0.1, -0.05) is 0 Å². The Morgan fingerprint density at radius 2 is 2.05 bits per heavy atom. The van der Waals surface area contributed by atoms with Crippen molar-refractivity contribution in [1.82, 2.24) is 0 Å². The number of carbonyl (C=O) groups excluding carboxylic acids is 1. The Balaban J connectivity index is 2.04. The third-order valence-corrected chi connectivity index (χ3v) is 4.47. The zero-order valence-electron chi connectivity index (χ0n) is 10.8. The number of nitrogens with one attached hydrogen (secondary N) is 1. The van der Waals surface area contributed by atoms with Gasteiger partial charge in [0.05, 0.1) is 15.7 Å². The SMILES string of the molecule is N#Cc1ccc(NC2CCC(C(N)=O)CC2)c(F)c1Br. The third kappa shape index (κ3) is 3.10. The fraction of sp³-hybridized carbons (Fsp3) is 0.429. The maximum atomic E-state index is 14.1. The molecule has 0 aromatic heterocycles. The van der Waals surface area contributed by atoms with Crippen LogP contribution in [0.25, 0.3) is 0 Å². The maximum absolute atomic E-state index is 14.1. The summed E-state index contributed by atoms with van der Waals surface area (Å²) >= 11 is 3.09. The maximum Gasteiger partial charge on any atom is 0.220 e. The van der Waals surface area contributed by atoms with Crippen LogP contribution in [0.15, 0.2) is 16.6 Å². The Morgan fingerprint density at radius 1 is 1.40 bits per heavy atom. The topological polar surface area (TPSA) is 78.9 Å². The van der Waals surface area contributed by atoms with Crippen LogP contribution in [-0.2, 0) is 4.79 Å². The average Bonchev–Trinajstić information content (AvgIpc) is 2.45. The summed E-state index contributed by atoms with van der Waals surface area (Å²) in [5, 5.41) is 12.0. The smallest absolute Gasteiger partial charge is 0.220 e. The Labute approximate surface area is 125 Å². The molecule has 0 saturated heterocycles. The molecule has 106 valence electrons. The number of rotatable bonds is 3. The van der Waals surface area contributed by atoms with Crippen molar-refractivity contribution < 1.29 is 9.18 Å². The number of hydrogen-bond acceptors (Lipinski definition) is 3. The van der Waals surface area contributed by atoms with Gasteiger partial charge in [-0.2, -0.15) is 5.26 Å². The van der Waals surface area contributed by atoms with Crippen molar-refractivity contribution >= 4 is 27.5 Å². The first-order valence-corrected chi connectivity index (χ1v) is 7.26. The van der Waals surface area contributed by atoms with Gasteiger partial charge >= 0.3 is 0 Å². The lowest BCUT2D eigenvalue weighted by molar-refractivity contribution is -0.122. The standard InChI is InChI=1S/C14H15BrFN3O/c15-12-9(7-17)3-6-11(13(12)16)19-10-4-1-8(2-5-10)14(18)20/h3,6,8,10,19H,1-2,4-5H2,(H2,18,20). The molecule has 1 saturated carbocycles. The highest BCUT2D eigenvalue weighted by atomic mass is 79.9. The molecule has 0 bridgehead atoms. The first-order chi connectivity index (χ1) is 9.52. The van der Waals surface area contributed by atoms with Gasteiger partial charge in [0.1, 0.15) is 6.07 Å². The zero-order chi connectivity index (χ0) is 14.7. The molecule has 20 heavy (non-hydrogen) atoms. The molecule has 6 heteroatoms. The van der Waals surface area contributed by atoms with Crippen molar-refractivity contribution in [3.8, 4) is 6.07 Å². The van der Waals surface area contributed by atoms with Gasteiger partial charge in [-0.25, -0.2) is 4.39 Å². The summed E-state index contributed by atoms with van der Waals surface area (Å²) in [5.41, 5.74) is 5.93. The van der Waals surface area contributed by atoms with Gasteiger partial charge in [0, 0.05) is 12.0 Å². The predicted octanol–water partition coefficient (Wildman–Crippen LogP) is 2.92. The molecular formula is C14H15BrFN3O. The zero-order valence-corrected chi connectivity index (χ0v) is 12.4. The molecule has 0 radical (unpaired) electrons. The summed E-state index contributed by atoms with van der Waals surface area (Å²) in [5.74, 6) is -0.776. The Kier molecular flexibility index (Phi) is 4.61. The number of anilines is 1. The fourth-order valence-electron chi connectivity index (χ4n) is 2.49. The Morgan fingerprint density at radius 3 is 2.60 bits per heavy atom. The minimum Gasteiger partial charge on any atom is -0.380 e. The van der Waals surface area contributed by atoms with Crippen LogP contribution in [0.3, 0.4) is 0 Å². The molecular weight excluding hydrogens is 325 g/mol. The van der Waals surface area contributed by atoms with Crippen molar-refractivity contribution in [3.63, 3.8) is 0 Å². The highest BCUT2D eigenvalue weighted by Crippen LogP contribution is 2.30. The summed E-state index contributed by atoms with van der Waals surface area (Å²) in [6, 6.07) is 5.19. The Hall–Kier alpha value is -1.61. The molecule has 0 aliphatic heterocycles. The molecule has 1 aliphatic rings. The van der Waals surface area contributed by atoms with Crippen LogP contribution < -0.4 is 11.1 Å². The van der Waals surface area contributed by atoms with E-state index >= 15 is 0 Å². The summed E-state index contributed by atoms with van der Waals surface area (Å²) in [7, 11) is 0. The molecule has 1 aliphatic carbocycles. The lowest BCUT2D eigenvalue weighted by atomic mass is 9.85. The molecule has 4 nitrogen and oxygen atoms in total. The lowest BCUT2D eigenvalue weighted by Gasteiger charge is -2.28. The molecule has 0 atom stereocenters. The van der Waals surface area contributed by atoms with Crippen LogP contribution in [0.2, 0.25) is 0 Å². The first-order valence-electron chi connectivity index (χ1n) is 6.47. The van der Waals surface area contributed by atoms with Crippen LogP contribution in [0.5, 0.6) is 0 Å². The van der Waals surface area contributed by atoms with E-state index in [1.165, 1.54) is 0 Å². The van der Waals surface area contributed by atoms with E-state index < -0.39 is 5.82 Å². The number of primary amides is 1. The van der Waals surface area contributed by atoms with Crippen molar-refractivity contribution in [2.45, 2.75) is 31.7 Å². The molecule has 0 heterocycles. The van der Waals surface area contributed by atoms with Gasteiger partial charge in [0.15, 0.2) is 5.82 Å². The summed E-state index contributed by atoms with van der Waals surface area (Å²) < 4.78 is 14.3. The van der Waals surface area contributed by atoms with Gasteiger partial charge in [-0.05, 0) is 53.7 Å². The number of hydrogen-bond donors (Lipinski definition) is 2. The van der Waals surface area contributed by atoms with Crippen LogP contribution in [0, 0.1) is 23.1 Å².